The van der Waals surface area contributed by atoms with Crippen LogP contribution in [0.25, 0.3) is 0 Å². The van der Waals surface area contributed by atoms with Crippen molar-refractivity contribution in [2.24, 2.45) is 0 Å². The van der Waals surface area contributed by atoms with Crippen molar-refractivity contribution in [2.45, 2.75) is 70.8 Å². The Morgan fingerprint density at radius 1 is 1.17 bits per heavy atom. The molecule has 0 bridgehead atoms. The Labute approximate surface area is 153 Å². The normalized spacial score (nSPS) is 17.1. The molecule has 1 N–H and O–H groups in total. The van der Waals surface area contributed by atoms with Gasteiger partial charge in [-0.2, -0.15) is 0 Å². The molecule has 1 amide bonds. The van der Waals surface area contributed by atoms with E-state index in [9.17, 15) is 4.79 Å². The van der Waals surface area contributed by atoms with E-state index >= 15 is 0 Å². The minimum atomic E-state index is -0.279. The number of nitrogens with one attached hydrogen (secondary N) is 1. The zero-order valence-electron chi connectivity index (χ0n) is 14.1. The van der Waals surface area contributed by atoms with Crippen LogP contribution in [0, 0.1) is 3.57 Å². The lowest BCUT2D eigenvalue weighted by atomic mass is 10.0. The number of carbonyl (C=O) groups excluding carboxylic acids is 1. The Kier molecular flexibility index (Phi) is 8.20. The van der Waals surface area contributed by atoms with Gasteiger partial charge in [0.05, 0.1) is 6.04 Å². The SMILES string of the molecule is CCCCCCCCc1ccc(CC[C@H]2COC(=O)N2)cc1I. The van der Waals surface area contributed by atoms with E-state index in [0.29, 0.717) is 6.61 Å². The fraction of sp³-hybridized carbons (Fsp3) is 0.632. The Balaban J connectivity index is 1.71. The van der Waals surface area contributed by atoms with Crippen LogP contribution in [-0.4, -0.2) is 18.7 Å². The Hall–Kier alpha value is -0.780. The van der Waals surface area contributed by atoms with Crippen molar-refractivity contribution < 1.29 is 9.53 Å². The van der Waals surface area contributed by atoms with E-state index in [1.54, 1.807) is 0 Å². The van der Waals surface area contributed by atoms with Gasteiger partial charge in [-0.25, -0.2) is 4.79 Å². The number of hydrogen-bond acceptors (Lipinski definition) is 2. The number of cyclic esters (lactones) is 1. The predicted molar refractivity (Wildman–Crippen MR) is 103 cm³/mol. The second-order valence-corrected chi connectivity index (χ2v) is 7.58. The van der Waals surface area contributed by atoms with Crippen LogP contribution < -0.4 is 5.32 Å². The Bertz CT molecular complexity index is 504. The van der Waals surface area contributed by atoms with Crippen molar-refractivity contribution >= 4 is 28.7 Å². The molecule has 1 heterocycles. The molecule has 1 atom stereocenters. The summed E-state index contributed by atoms with van der Waals surface area (Å²) in [5, 5.41) is 2.84. The number of halogens is 1. The lowest BCUT2D eigenvalue weighted by molar-refractivity contribution is 0.176. The molecule has 0 aromatic heterocycles. The highest BCUT2D eigenvalue weighted by Gasteiger charge is 2.21. The van der Waals surface area contributed by atoms with Crippen molar-refractivity contribution in [1.29, 1.82) is 0 Å². The van der Waals surface area contributed by atoms with Gasteiger partial charge in [-0.05, 0) is 65.5 Å². The van der Waals surface area contributed by atoms with E-state index in [0.717, 1.165) is 12.8 Å². The zero-order chi connectivity index (χ0) is 16.5. The van der Waals surface area contributed by atoms with Crippen LogP contribution in [0.5, 0.6) is 0 Å². The molecule has 1 aromatic rings. The van der Waals surface area contributed by atoms with E-state index in [4.69, 9.17) is 4.74 Å². The molecule has 3 nitrogen and oxygen atoms in total. The zero-order valence-corrected chi connectivity index (χ0v) is 16.2. The molecule has 1 saturated heterocycles. The molecule has 23 heavy (non-hydrogen) atoms. The maximum atomic E-state index is 11.0. The number of carbonyl (C=O) groups is 1. The molecular weight excluding hydrogens is 401 g/mol. The molecule has 4 heteroatoms. The third-order valence-electron chi connectivity index (χ3n) is 4.44. The van der Waals surface area contributed by atoms with Crippen molar-refractivity contribution in [3.63, 3.8) is 0 Å². The first-order chi connectivity index (χ1) is 11.2. The molecule has 128 valence electrons. The van der Waals surface area contributed by atoms with Gasteiger partial charge < -0.3 is 10.1 Å². The third kappa shape index (κ3) is 6.69. The van der Waals surface area contributed by atoms with E-state index in [1.807, 2.05) is 0 Å². The molecule has 1 fully saturated rings. The summed E-state index contributed by atoms with van der Waals surface area (Å²) in [6.45, 7) is 2.77. The number of unbranched alkanes of at least 4 members (excludes halogenated alkanes) is 5. The standard InChI is InChI=1S/C19H28INO2/c1-2-3-4-5-6-7-8-16-11-9-15(13-18(16)20)10-12-17-14-23-19(22)21-17/h9,11,13,17H,2-8,10,12,14H2,1H3,(H,21,22)/t17-/m0/s1. The van der Waals surface area contributed by atoms with Crippen LogP contribution in [0.3, 0.4) is 0 Å². The molecule has 2 rings (SSSR count). The van der Waals surface area contributed by atoms with E-state index < -0.39 is 0 Å². The highest BCUT2D eigenvalue weighted by atomic mass is 127. The number of alkyl carbamates (subject to hydrolysis) is 1. The molecule has 0 radical (unpaired) electrons. The van der Waals surface area contributed by atoms with Crippen LogP contribution in [0.1, 0.15) is 63.0 Å². The summed E-state index contributed by atoms with van der Waals surface area (Å²) in [4.78, 5) is 11.0. The van der Waals surface area contributed by atoms with Gasteiger partial charge in [0, 0.05) is 3.57 Å². The maximum absolute atomic E-state index is 11.0. The van der Waals surface area contributed by atoms with Crippen LogP contribution in [0.2, 0.25) is 0 Å². The van der Waals surface area contributed by atoms with Gasteiger partial charge in [0.15, 0.2) is 0 Å². The van der Waals surface area contributed by atoms with Gasteiger partial charge in [0.1, 0.15) is 6.61 Å². The number of benzene rings is 1. The summed E-state index contributed by atoms with van der Waals surface area (Å²) in [6, 6.07) is 6.99. The average Bonchev–Trinajstić information content (AvgIpc) is 2.96. The minimum absolute atomic E-state index is 0.169. The van der Waals surface area contributed by atoms with Gasteiger partial charge in [-0.1, -0.05) is 51.2 Å². The lowest BCUT2D eigenvalue weighted by Crippen LogP contribution is -2.26. The highest BCUT2D eigenvalue weighted by Crippen LogP contribution is 2.19. The molecule has 0 saturated carbocycles. The summed E-state index contributed by atoms with van der Waals surface area (Å²) < 4.78 is 6.30. The fourth-order valence-corrected chi connectivity index (χ4v) is 3.82. The molecule has 0 unspecified atom stereocenters. The predicted octanol–water partition coefficient (Wildman–Crippen LogP) is 5.24. The monoisotopic (exact) mass is 429 g/mol. The number of amides is 1. The van der Waals surface area contributed by atoms with E-state index in [2.05, 4.69) is 53.0 Å². The van der Waals surface area contributed by atoms with Gasteiger partial charge in [0.25, 0.3) is 0 Å². The lowest BCUT2D eigenvalue weighted by Gasteiger charge is -2.10. The van der Waals surface area contributed by atoms with Crippen LogP contribution in [-0.2, 0) is 17.6 Å². The number of hydrogen-bond donors (Lipinski definition) is 1. The molecule has 1 aromatic carbocycles. The molecule has 0 aliphatic carbocycles. The minimum Gasteiger partial charge on any atom is -0.447 e. The van der Waals surface area contributed by atoms with Crippen LogP contribution in [0.15, 0.2) is 18.2 Å². The highest BCUT2D eigenvalue weighted by molar-refractivity contribution is 14.1. The van der Waals surface area contributed by atoms with Crippen LogP contribution in [0.4, 0.5) is 4.79 Å². The van der Waals surface area contributed by atoms with Gasteiger partial charge in [0.2, 0.25) is 0 Å². The maximum Gasteiger partial charge on any atom is 0.407 e. The number of ether oxygens (including phenoxy) is 1. The van der Waals surface area contributed by atoms with Crippen molar-refractivity contribution in [3.05, 3.63) is 32.9 Å². The molecule has 1 aliphatic heterocycles. The van der Waals surface area contributed by atoms with Gasteiger partial charge >= 0.3 is 6.09 Å². The van der Waals surface area contributed by atoms with E-state index in [1.165, 1.54) is 59.6 Å². The number of aryl methyl sites for hydroxylation is 2. The van der Waals surface area contributed by atoms with Crippen LogP contribution >= 0.6 is 22.6 Å². The van der Waals surface area contributed by atoms with Crippen molar-refractivity contribution in [1.82, 2.24) is 5.32 Å². The van der Waals surface area contributed by atoms with Crippen molar-refractivity contribution in [3.8, 4) is 0 Å². The molecular formula is C19H28INO2. The summed E-state index contributed by atoms with van der Waals surface area (Å²) >= 11 is 2.46. The number of rotatable bonds is 10. The smallest absolute Gasteiger partial charge is 0.407 e. The molecule has 0 spiro atoms. The summed E-state index contributed by atoms with van der Waals surface area (Å²) in [5.74, 6) is 0. The summed E-state index contributed by atoms with van der Waals surface area (Å²) in [7, 11) is 0. The Morgan fingerprint density at radius 3 is 2.65 bits per heavy atom. The quantitative estimate of drug-likeness (QED) is 0.408. The summed E-state index contributed by atoms with van der Waals surface area (Å²) in [5.41, 5.74) is 2.82. The van der Waals surface area contributed by atoms with Gasteiger partial charge in [-0.15, -0.1) is 0 Å². The van der Waals surface area contributed by atoms with Gasteiger partial charge in [-0.3, -0.25) is 0 Å². The first-order valence-electron chi connectivity index (χ1n) is 8.89. The topological polar surface area (TPSA) is 38.3 Å². The molecule has 1 aliphatic rings. The largest absolute Gasteiger partial charge is 0.447 e. The second-order valence-electron chi connectivity index (χ2n) is 6.42. The van der Waals surface area contributed by atoms with E-state index in [-0.39, 0.29) is 12.1 Å². The second kappa shape index (κ2) is 10.2. The van der Waals surface area contributed by atoms with Crippen molar-refractivity contribution in [2.75, 3.05) is 6.61 Å². The fourth-order valence-electron chi connectivity index (χ4n) is 2.97. The first kappa shape index (κ1) is 18.6. The summed E-state index contributed by atoms with van der Waals surface area (Å²) in [6.07, 6.45) is 10.9. The first-order valence-corrected chi connectivity index (χ1v) is 9.97. The third-order valence-corrected chi connectivity index (χ3v) is 5.44. The Morgan fingerprint density at radius 2 is 1.96 bits per heavy atom. The average molecular weight is 429 g/mol.